The van der Waals surface area contributed by atoms with Gasteiger partial charge in [-0.1, -0.05) is 29.8 Å². The average Bonchev–Trinajstić information content (AvgIpc) is 2.90. The number of nitrogens with zero attached hydrogens (tertiary/aromatic N) is 3. The van der Waals surface area contributed by atoms with Crippen LogP contribution in [0.25, 0.3) is 0 Å². The quantitative estimate of drug-likeness (QED) is 0.560. The van der Waals surface area contributed by atoms with E-state index in [-0.39, 0.29) is 15.7 Å². The maximum atomic E-state index is 12.7. The largest absolute Gasteiger partial charge is 0.324 e. The predicted molar refractivity (Wildman–Crippen MR) is 105 cm³/mol. The highest BCUT2D eigenvalue weighted by atomic mass is 35.5. The molecule has 0 aliphatic carbocycles. The summed E-state index contributed by atoms with van der Waals surface area (Å²) in [6.45, 7) is 1.72. The molecule has 0 fully saturated rings. The zero-order valence-corrected chi connectivity index (χ0v) is 16.4. The first-order valence-electron chi connectivity index (χ1n) is 7.51. The van der Waals surface area contributed by atoms with Gasteiger partial charge in [0.1, 0.15) is 4.90 Å². The van der Waals surface area contributed by atoms with Crippen molar-refractivity contribution in [3.05, 3.63) is 53.1 Å². The van der Waals surface area contributed by atoms with Gasteiger partial charge in [0.2, 0.25) is 5.95 Å². The second-order valence-corrected chi connectivity index (χ2v) is 8.09. The van der Waals surface area contributed by atoms with Crippen molar-refractivity contribution in [2.75, 3.05) is 10.0 Å². The zero-order chi connectivity index (χ0) is 18.9. The predicted octanol–water partition coefficient (Wildman–Crippen LogP) is 3.61. The molecule has 7 nitrogen and oxygen atoms in total. The maximum absolute atomic E-state index is 12.7. The first-order valence-corrected chi connectivity index (χ1v) is 9.82. The van der Waals surface area contributed by atoms with Crippen LogP contribution in [0.2, 0.25) is 5.02 Å². The molecule has 0 radical (unpaired) electrons. The molecule has 0 saturated heterocycles. The molecule has 26 heavy (non-hydrogen) atoms. The molecule has 2 N–H and O–H groups in total. The molecule has 1 aromatic heterocycles. The number of rotatable bonds is 5. The van der Waals surface area contributed by atoms with Crippen molar-refractivity contribution in [2.45, 2.75) is 16.7 Å². The lowest BCUT2D eigenvalue weighted by Crippen LogP contribution is -2.15. The van der Waals surface area contributed by atoms with E-state index in [1.54, 1.807) is 14.0 Å². The summed E-state index contributed by atoms with van der Waals surface area (Å²) in [6.07, 6.45) is 0. The van der Waals surface area contributed by atoms with E-state index in [1.807, 2.05) is 30.3 Å². The van der Waals surface area contributed by atoms with Gasteiger partial charge in [-0.2, -0.15) is 4.98 Å². The van der Waals surface area contributed by atoms with Crippen LogP contribution in [-0.4, -0.2) is 23.2 Å². The second kappa shape index (κ2) is 7.18. The molecule has 3 aromatic rings. The summed E-state index contributed by atoms with van der Waals surface area (Å²) in [6, 6.07) is 12.3. The highest BCUT2D eigenvalue weighted by Crippen LogP contribution is 2.28. The molecule has 10 heteroatoms. The van der Waals surface area contributed by atoms with Gasteiger partial charge < -0.3 is 5.32 Å². The van der Waals surface area contributed by atoms with Crippen LogP contribution < -0.4 is 10.0 Å². The number of sulfonamides is 1. The standard InChI is InChI=1S/C16H16ClN5O2S2/c1-10-8-14(13(25)9-12(10)17)26(23,24)21-15-19-16(22(2)20-15)18-11-6-4-3-5-7-11/h3-9,25H,1-2H3,(H2,18,19,20,21). The van der Waals surface area contributed by atoms with E-state index in [2.05, 4.69) is 32.8 Å². The van der Waals surface area contributed by atoms with Crippen LogP contribution in [0.5, 0.6) is 0 Å². The Kier molecular flexibility index (Phi) is 5.12. The molecule has 0 bridgehead atoms. The molecule has 0 aliphatic heterocycles. The Morgan fingerprint density at radius 2 is 1.88 bits per heavy atom. The number of nitrogens with one attached hydrogen (secondary N) is 2. The number of aryl methyl sites for hydroxylation is 2. The Labute approximate surface area is 161 Å². The van der Waals surface area contributed by atoms with Gasteiger partial charge in [-0.3, -0.25) is 0 Å². The first-order chi connectivity index (χ1) is 12.3. The van der Waals surface area contributed by atoms with Gasteiger partial charge in [0.15, 0.2) is 0 Å². The van der Waals surface area contributed by atoms with E-state index in [0.29, 0.717) is 16.5 Å². The molecule has 3 rings (SSSR count). The number of anilines is 3. The Bertz CT molecular complexity index is 1050. The average molecular weight is 410 g/mol. The fraction of sp³-hybridized carbons (Fsp3) is 0.125. The number of benzene rings is 2. The highest BCUT2D eigenvalue weighted by molar-refractivity contribution is 7.93. The number of hydrogen-bond acceptors (Lipinski definition) is 6. The molecular formula is C16H16ClN5O2S2. The van der Waals surface area contributed by atoms with Crippen LogP contribution in [-0.2, 0) is 17.1 Å². The van der Waals surface area contributed by atoms with Crippen LogP contribution in [0.4, 0.5) is 17.6 Å². The maximum Gasteiger partial charge on any atom is 0.265 e. The minimum absolute atomic E-state index is 0.00718. The van der Waals surface area contributed by atoms with Crippen molar-refractivity contribution in [1.29, 1.82) is 0 Å². The number of halogens is 1. The van der Waals surface area contributed by atoms with E-state index in [4.69, 9.17) is 11.6 Å². The van der Waals surface area contributed by atoms with Crippen molar-refractivity contribution in [3.8, 4) is 0 Å². The smallest absolute Gasteiger partial charge is 0.265 e. The minimum Gasteiger partial charge on any atom is -0.324 e. The fourth-order valence-corrected chi connectivity index (χ4v) is 4.12. The lowest BCUT2D eigenvalue weighted by molar-refractivity contribution is 0.598. The highest BCUT2D eigenvalue weighted by Gasteiger charge is 2.21. The third-order valence-corrected chi connectivity index (χ3v) is 5.84. The van der Waals surface area contributed by atoms with Gasteiger partial charge >= 0.3 is 0 Å². The van der Waals surface area contributed by atoms with Gasteiger partial charge in [-0.05, 0) is 36.8 Å². The van der Waals surface area contributed by atoms with Gasteiger partial charge in [0, 0.05) is 22.7 Å². The number of aromatic nitrogens is 3. The van der Waals surface area contributed by atoms with E-state index < -0.39 is 10.0 Å². The fourth-order valence-electron chi connectivity index (χ4n) is 2.22. The summed E-state index contributed by atoms with van der Waals surface area (Å²) in [4.78, 5) is 4.43. The van der Waals surface area contributed by atoms with E-state index >= 15 is 0 Å². The molecule has 136 valence electrons. The lowest BCUT2D eigenvalue weighted by Gasteiger charge is -2.09. The summed E-state index contributed by atoms with van der Waals surface area (Å²) in [5, 5.41) is 7.60. The second-order valence-electron chi connectivity index (χ2n) is 5.55. The van der Waals surface area contributed by atoms with Crippen LogP contribution >= 0.6 is 24.2 Å². The Morgan fingerprint density at radius 3 is 2.58 bits per heavy atom. The third kappa shape index (κ3) is 3.95. The van der Waals surface area contributed by atoms with Crippen LogP contribution in [0.1, 0.15) is 5.56 Å². The summed E-state index contributed by atoms with van der Waals surface area (Å²) in [5.41, 5.74) is 1.44. The van der Waals surface area contributed by atoms with Crippen LogP contribution in [0, 0.1) is 6.92 Å². The zero-order valence-electron chi connectivity index (χ0n) is 13.9. The van der Waals surface area contributed by atoms with Crippen molar-refractivity contribution >= 4 is 51.8 Å². The Hall–Kier alpha value is -2.23. The van der Waals surface area contributed by atoms with E-state index in [9.17, 15) is 8.42 Å². The molecule has 2 aromatic carbocycles. The normalized spacial score (nSPS) is 11.4. The van der Waals surface area contributed by atoms with Crippen LogP contribution in [0.3, 0.4) is 0 Å². The van der Waals surface area contributed by atoms with E-state index in [1.165, 1.54) is 16.8 Å². The molecule has 0 unspecified atom stereocenters. The SMILES string of the molecule is Cc1cc(S(=O)(=O)Nc2nc(Nc3ccccc3)n(C)n2)c(S)cc1Cl. The summed E-state index contributed by atoms with van der Waals surface area (Å²) in [5.74, 6) is 0.346. The molecule has 0 aliphatic rings. The minimum atomic E-state index is -3.91. The van der Waals surface area contributed by atoms with Gasteiger partial charge in [-0.15, -0.1) is 17.7 Å². The van der Waals surface area contributed by atoms with Crippen molar-refractivity contribution < 1.29 is 8.42 Å². The van der Waals surface area contributed by atoms with Crippen LogP contribution in [0.15, 0.2) is 52.3 Å². The monoisotopic (exact) mass is 409 g/mol. The molecule has 0 saturated carbocycles. The topological polar surface area (TPSA) is 88.9 Å². The van der Waals surface area contributed by atoms with Gasteiger partial charge in [0.25, 0.3) is 16.0 Å². The van der Waals surface area contributed by atoms with Gasteiger partial charge in [-0.25, -0.2) is 17.8 Å². The summed E-state index contributed by atoms with van der Waals surface area (Å²) >= 11 is 10.2. The molecule has 0 amide bonds. The third-order valence-electron chi connectivity index (χ3n) is 3.55. The number of hydrogen-bond donors (Lipinski definition) is 3. The lowest BCUT2D eigenvalue weighted by atomic mass is 10.2. The molecule has 1 heterocycles. The molecular weight excluding hydrogens is 394 g/mol. The Balaban J connectivity index is 1.87. The van der Waals surface area contributed by atoms with Crippen molar-refractivity contribution in [2.24, 2.45) is 7.05 Å². The van der Waals surface area contributed by atoms with Crippen molar-refractivity contribution in [1.82, 2.24) is 14.8 Å². The first kappa shape index (κ1) is 18.6. The summed E-state index contributed by atoms with van der Waals surface area (Å²) < 4.78 is 29.1. The molecule has 0 spiro atoms. The Morgan fingerprint density at radius 1 is 1.19 bits per heavy atom. The van der Waals surface area contributed by atoms with Crippen molar-refractivity contribution in [3.63, 3.8) is 0 Å². The van der Waals surface area contributed by atoms with E-state index in [0.717, 1.165) is 5.69 Å². The summed E-state index contributed by atoms with van der Waals surface area (Å²) in [7, 11) is -2.25. The van der Waals surface area contributed by atoms with Gasteiger partial charge in [0.05, 0.1) is 0 Å². The molecule has 0 atom stereocenters. The number of thiol groups is 1. The number of para-hydroxylation sites is 1.